The van der Waals surface area contributed by atoms with Crippen molar-refractivity contribution in [3.63, 3.8) is 0 Å². The molecule has 0 saturated heterocycles. The molecule has 4 heterocycles. The first-order valence-corrected chi connectivity index (χ1v) is 16.1. The second-order valence-electron chi connectivity index (χ2n) is 11.2. The van der Waals surface area contributed by atoms with Gasteiger partial charge in [-0.1, -0.05) is 66.6 Å². The van der Waals surface area contributed by atoms with Gasteiger partial charge in [0.25, 0.3) is 0 Å². The molecule has 0 unspecified atom stereocenters. The van der Waals surface area contributed by atoms with Gasteiger partial charge in [-0.2, -0.15) is 0 Å². The molecule has 0 bridgehead atoms. The molecule has 0 spiro atoms. The maximum absolute atomic E-state index is 15.4. The number of hydrogen-bond acceptors (Lipinski definition) is 8. The molecule has 0 fully saturated rings. The first kappa shape index (κ1) is 22.9. The summed E-state index contributed by atoms with van der Waals surface area (Å²) < 4.78 is 76.4. The molecule has 5 aromatic carbocycles. The van der Waals surface area contributed by atoms with Gasteiger partial charge in [0.1, 0.15) is 18.5 Å². The lowest BCUT2D eigenvalue weighted by Gasteiger charge is -2.12. The Kier molecular flexibility index (Phi) is 5.71. The topological polar surface area (TPSA) is 90.2 Å². The number of nitrogens with zero attached hydrogens (tertiary/aromatic N) is 7. The van der Waals surface area contributed by atoms with Crippen molar-refractivity contribution in [2.24, 2.45) is 0 Å². The Hall–Kier alpha value is -6.58. The summed E-state index contributed by atoms with van der Waals surface area (Å²) >= 11 is 1.05. The molecule has 0 radical (unpaired) electrons. The molecule has 0 N–H and O–H groups in total. The normalized spacial score (nSPS) is 13.3. The standard InChI is InChI=1S/C41H24FN7S/c42-36-13-3-1-10-35(36)41-48-39(26-8-5-7-25(15-26)32-11-6-12-34-33-9-2-4-14-37(33)50-38(32)34)47-40(49-41)29-17-27(30-19-43-23-44-20-30)16-28(18-29)31-21-45-24-46-22-31/h1-24H/i2D,4D,6D,9D,11D,12D,14D. The minimum absolute atomic E-state index is 0.0694. The zero-order valence-electron chi connectivity index (χ0n) is 32.7. The van der Waals surface area contributed by atoms with Gasteiger partial charge in [-0.15, -0.1) is 11.3 Å². The van der Waals surface area contributed by atoms with Crippen LogP contribution in [-0.2, 0) is 0 Å². The van der Waals surface area contributed by atoms with Crippen LogP contribution < -0.4 is 0 Å². The van der Waals surface area contributed by atoms with Gasteiger partial charge in [0.2, 0.25) is 0 Å². The van der Waals surface area contributed by atoms with Crippen LogP contribution >= 0.6 is 11.3 Å². The first-order chi connectivity index (χ1) is 27.6. The van der Waals surface area contributed by atoms with Crippen LogP contribution in [0.15, 0.2) is 146 Å². The minimum Gasteiger partial charge on any atom is -0.244 e. The third-order valence-electron chi connectivity index (χ3n) is 8.07. The Bertz CT molecular complexity index is 3020. The lowest BCUT2D eigenvalue weighted by molar-refractivity contribution is 0.630. The van der Waals surface area contributed by atoms with Crippen LogP contribution in [0.5, 0.6) is 0 Å². The minimum atomic E-state index is -0.537. The molecular formula is C41H24FN7S. The summed E-state index contributed by atoms with van der Waals surface area (Å²) in [6.45, 7) is 0. The second kappa shape index (κ2) is 12.5. The van der Waals surface area contributed by atoms with Crippen molar-refractivity contribution in [1.82, 2.24) is 34.9 Å². The molecule has 7 nitrogen and oxygen atoms in total. The molecule has 0 aliphatic rings. The van der Waals surface area contributed by atoms with Crippen LogP contribution in [-0.4, -0.2) is 34.9 Å². The third kappa shape index (κ3) is 5.45. The van der Waals surface area contributed by atoms with Gasteiger partial charge in [-0.25, -0.2) is 39.3 Å². The smallest absolute Gasteiger partial charge is 0.167 e. The summed E-state index contributed by atoms with van der Waals surface area (Å²) in [5, 5.41) is 0.315. The maximum atomic E-state index is 15.4. The highest BCUT2D eigenvalue weighted by atomic mass is 32.1. The molecule has 0 atom stereocenters. The van der Waals surface area contributed by atoms with Gasteiger partial charge < -0.3 is 0 Å². The highest BCUT2D eigenvalue weighted by molar-refractivity contribution is 7.26. The van der Waals surface area contributed by atoms with E-state index in [-0.39, 0.29) is 74.3 Å². The third-order valence-corrected chi connectivity index (χ3v) is 9.20. The summed E-state index contributed by atoms with van der Waals surface area (Å²) in [5.74, 6) is -0.0609. The molecule has 9 rings (SSSR count). The lowest BCUT2D eigenvalue weighted by atomic mass is 9.98. The van der Waals surface area contributed by atoms with Gasteiger partial charge in [0.05, 0.1) is 15.2 Å². The van der Waals surface area contributed by atoms with Crippen molar-refractivity contribution < 1.29 is 14.0 Å². The SMILES string of the molecule is [2H]c1c([2H])c([2H])c2c(sc3c(-c4cccc(-c5nc(-c6cc(-c7cncnc7)cc(-c7cncnc7)c6)nc(-c6ccccc6F)n5)c4)c([2H])c([2H])c([2H])c32)c1[2H]. The number of rotatable bonds is 6. The van der Waals surface area contributed by atoms with E-state index in [0.717, 1.165) is 33.6 Å². The summed E-state index contributed by atoms with van der Waals surface area (Å²) in [7, 11) is 0. The van der Waals surface area contributed by atoms with Gasteiger partial charge in [-0.05, 0) is 64.7 Å². The highest BCUT2D eigenvalue weighted by Gasteiger charge is 2.18. The molecule has 0 saturated carbocycles. The van der Waals surface area contributed by atoms with Crippen LogP contribution in [0.3, 0.4) is 0 Å². The number of halogens is 1. The molecule has 0 aliphatic carbocycles. The van der Waals surface area contributed by atoms with Crippen LogP contribution in [0, 0.1) is 5.82 Å². The second-order valence-corrected chi connectivity index (χ2v) is 12.2. The average Bonchev–Trinajstić information content (AvgIpc) is 3.65. The van der Waals surface area contributed by atoms with Crippen LogP contribution in [0.4, 0.5) is 4.39 Å². The van der Waals surface area contributed by atoms with E-state index in [4.69, 9.17) is 24.5 Å². The maximum Gasteiger partial charge on any atom is 0.167 e. The summed E-state index contributed by atoms with van der Waals surface area (Å²) in [5.41, 5.74) is 4.89. The predicted octanol–water partition coefficient (Wildman–Crippen LogP) is 9.96. The number of fused-ring (bicyclic) bond motifs is 3. The quantitative estimate of drug-likeness (QED) is 0.174. The zero-order chi connectivity index (χ0) is 39.5. The van der Waals surface area contributed by atoms with Crippen LogP contribution in [0.1, 0.15) is 9.60 Å². The van der Waals surface area contributed by atoms with E-state index in [1.807, 2.05) is 18.2 Å². The van der Waals surface area contributed by atoms with Crippen molar-refractivity contribution in [3.8, 4) is 67.5 Å². The van der Waals surface area contributed by atoms with E-state index in [1.165, 1.54) is 18.7 Å². The molecule has 9 heteroatoms. The Labute approximate surface area is 299 Å². The van der Waals surface area contributed by atoms with E-state index in [2.05, 4.69) is 19.9 Å². The van der Waals surface area contributed by atoms with Gasteiger partial charge >= 0.3 is 0 Å². The number of aromatic nitrogens is 7. The van der Waals surface area contributed by atoms with Gasteiger partial charge in [0, 0.05) is 67.2 Å². The number of hydrogen-bond donors (Lipinski definition) is 0. The Balaban J connectivity index is 1.28. The van der Waals surface area contributed by atoms with E-state index in [1.54, 1.807) is 67.3 Å². The van der Waals surface area contributed by atoms with E-state index < -0.39 is 17.9 Å². The van der Waals surface area contributed by atoms with Crippen molar-refractivity contribution in [2.75, 3.05) is 0 Å². The fraction of sp³-hybridized carbons (Fsp3) is 0. The van der Waals surface area contributed by atoms with Crippen LogP contribution in [0.25, 0.3) is 87.7 Å². The monoisotopic (exact) mass is 672 g/mol. The molecular weight excluding hydrogens is 642 g/mol. The largest absolute Gasteiger partial charge is 0.244 e. The van der Waals surface area contributed by atoms with E-state index in [9.17, 15) is 0 Å². The van der Waals surface area contributed by atoms with Gasteiger partial charge in [-0.3, -0.25) is 0 Å². The number of benzene rings is 5. The van der Waals surface area contributed by atoms with Gasteiger partial charge in [0.15, 0.2) is 17.5 Å². The summed E-state index contributed by atoms with van der Waals surface area (Å²) in [6.07, 6.45) is 9.61. The van der Waals surface area contributed by atoms with Crippen LogP contribution in [0.2, 0.25) is 0 Å². The zero-order valence-corrected chi connectivity index (χ0v) is 26.5. The Morgan fingerprint density at radius 3 is 1.84 bits per heavy atom. The highest BCUT2D eigenvalue weighted by Crippen LogP contribution is 2.40. The molecule has 4 aromatic heterocycles. The van der Waals surface area contributed by atoms with E-state index >= 15 is 4.39 Å². The average molecular weight is 673 g/mol. The molecule has 0 amide bonds. The van der Waals surface area contributed by atoms with Crippen molar-refractivity contribution in [2.45, 2.75) is 0 Å². The lowest BCUT2D eigenvalue weighted by Crippen LogP contribution is -2.02. The van der Waals surface area contributed by atoms with Crippen molar-refractivity contribution >= 4 is 31.5 Å². The van der Waals surface area contributed by atoms with Crippen molar-refractivity contribution in [3.05, 3.63) is 152 Å². The first-order valence-electron chi connectivity index (χ1n) is 18.8. The molecule has 50 heavy (non-hydrogen) atoms. The Morgan fingerprint density at radius 1 is 0.500 bits per heavy atom. The molecule has 9 aromatic rings. The predicted molar refractivity (Wildman–Crippen MR) is 196 cm³/mol. The molecule has 0 aliphatic heterocycles. The van der Waals surface area contributed by atoms with E-state index in [0.29, 0.717) is 21.4 Å². The number of thiophene rings is 1. The summed E-state index contributed by atoms with van der Waals surface area (Å²) in [6, 6.07) is 16.5. The van der Waals surface area contributed by atoms with Crippen molar-refractivity contribution in [1.29, 1.82) is 0 Å². The fourth-order valence-corrected chi connectivity index (χ4v) is 6.82. The molecule has 236 valence electrons. The Morgan fingerprint density at radius 2 is 1.10 bits per heavy atom. The fourth-order valence-electron chi connectivity index (χ4n) is 5.73. The summed E-state index contributed by atoms with van der Waals surface area (Å²) in [4.78, 5) is 31.2.